The zero-order chi connectivity index (χ0) is 13.3. The molecule has 0 amide bonds. The SMILES string of the molecule is CC1CC(c2ccccc2)(c2ccccc2)OC1=O. The Hall–Kier alpha value is -2.09. The van der Waals surface area contributed by atoms with E-state index in [0.717, 1.165) is 11.1 Å². The van der Waals surface area contributed by atoms with E-state index >= 15 is 0 Å². The van der Waals surface area contributed by atoms with Gasteiger partial charge in [0.2, 0.25) is 0 Å². The van der Waals surface area contributed by atoms with Crippen molar-refractivity contribution in [2.24, 2.45) is 5.92 Å². The van der Waals surface area contributed by atoms with Crippen LogP contribution in [0.3, 0.4) is 0 Å². The van der Waals surface area contributed by atoms with Gasteiger partial charge in [0.25, 0.3) is 0 Å². The van der Waals surface area contributed by atoms with Gasteiger partial charge in [0.05, 0.1) is 5.92 Å². The van der Waals surface area contributed by atoms with E-state index < -0.39 is 5.60 Å². The number of carbonyl (C=O) groups excluding carboxylic acids is 1. The molecule has 19 heavy (non-hydrogen) atoms. The van der Waals surface area contributed by atoms with Crippen molar-refractivity contribution in [2.45, 2.75) is 18.9 Å². The first-order chi connectivity index (χ1) is 9.22. The normalized spacial score (nSPS) is 21.1. The number of carbonyl (C=O) groups is 1. The van der Waals surface area contributed by atoms with E-state index in [0.29, 0.717) is 6.42 Å². The number of hydrogen-bond acceptors (Lipinski definition) is 2. The summed E-state index contributed by atoms with van der Waals surface area (Å²) in [5, 5.41) is 0. The second-order valence-electron chi connectivity index (χ2n) is 5.09. The van der Waals surface area contributed by atoms with Crippen LogP contribution in [0.15, 0.2) is 60.7 Å². The van der Waals surface area contributed by atoms with Crippen LogP contribution in [0.5, 0.6) is 0 Å². The monoisotopic (exact) mass is 252 g/mol. The van der Waals surface area contributed by atoms with Gasteiger partial charge in [-0.3, -0.25) is 4.79 Å². The summed E-state index contributed by atoms with van der Waals surface area (Å²) in [6.45, 7) is 1.93. The molecule has 96 valence electrons. The average molecular weight is 252 g/mol. The van der Waals surface area contributed by atoms with E-state index in [4.69, 9.17) is 4.74 Å². The highest BCUT2D eigenvalue weighted by Gasteiger charge is 2.47. The topological polar surface area (TPSA) is 26.3 Å². The molecule has 1 heterocycles. The summed E-state index contributed by atoms with van der Waals surface area (Å²) in [6.07, 6.45) is 0.694. The number of cyclic esters (lactones) is 1. The van der Waals surface area contributed by atoms with Crippen LogP contribution in [-0.4, -0.2) is 5.97 Å². The molecule has 2 aromatic rings. The van der Waals surface area contributed by atoms with Crippen molar-refractivity contribution in [3.63, 3.8) is 0 Å². The van der Waals surface area contributed by atoms with Gasteiger partial charge < -0.3 is 4.74 Å². The summed E-state index contributed by atoms with van der Waals surface area (Å²) < 4.78 is 5.79. The molecule has 1 aliphatic rings. The van der Waals surface area contributed by atoms with Crippen molar-refractivity contribution >= 4 is 5.97 Å². The molecule has 1 atom stereocenters. The van der Waals surface area contributed by atoms with Crippen LogP contribution in [0.4, 0.5) is 0 Å². The molecule has 0 aliphatic carbocycles. The lowest BCUT2D eigenvalue weighted by Crippen LogP contribution is -2.27. The maximum Gasteiger partial charge on any atom is 0.310 e. The Morgan fingerprint density at radius 2 is 1.42 bits per heavy atom. The second-order valence-corrected chi connectivity index (χ2v) is 5.09. The van der Waals surface area contributed by atoms with E-state index in [1.54, 1.807) is 0 Å². The van der Waals surface area contributed by atoms with Crippen LogP contribution in [0.1, 0.15) is 24.5 Å². The third-order valence-corrected chi connectivity index (χ3v) is 3.75. The molecule has 0 bridgehead atoms. The van der Waals surface area contributed by atoms with Gasteiger partial charge in [-0.05, 0) is 0 Å². The van der Waals surface area contributed by atoms with Crippen molar-refractivity contribution < 1.29 is 9.53 Å². The van der Waals surface area contributed by atoms with E-state index in [1.807, 2.05) is 67.6 Å². The Kier molecular flexibility index (Phi) is 2.86. The molecule has 1 saturated heterocycles. The predicted molar refractivity (Wildman–Crippen MR) is 73.5 cm³/mol. The highest BCUT2D eigenvalue weighted by molar-refractivity contribution is 5.76. The zero-order valence-corrected chi connectivity index (χ0v) is 10.9. The summed E-state index contributed by atoms with van der Waals surface area (Å²) in [5.74, 6) is -0.187. The fourth-order valence-electron chi connectivity index (χ4n) is 2.76. The fourth-order valence-corrected chi connectivity index (χ4v) is 2.76. The molecule has 0 radical (unpaired) electrons. The first kappa shape index (κ1) is 12.0. The number of esters is 1. The molecule has 0 N–H and O–H groups in total. The molecular weight excluding hydrogens is 236 g/mol. The van der Waals surface area contributed by atoms with Crippen LogP contribution in [-0.2, 0) is 15.1 Å². The zero-order valence-electron chi connectivity index (χ0n) is 10.9. The third-order valence-electron chi connectivity index (χ3n) is 3.75. The van der Waals surface area contributed by atoms with Gasteiger partial charge in [0.1, 0.15) is 0 Å². The average Bonchev–Trinajstić information content (AvgIpc) is 2.78. The quantitative estimate of drug-likeness (QED) is 0.764. The van der Waals surface area contributed by atoms with E-state index in [2.05, 4.69) is 0 Å². The Balaban J connectivity index is 2.15. The largest absolute Gasteiger partial charge is 0.449 e. The molecule has 3 rings (SSSR count). The maximum atomic E-state index is 11.9. The lowest BCUT2D eigenvalue weighted by atomic mass is 9.82. The lowest BCUT2D eigenvalue weighted by Gasteiger charge is -2.29. The number of hydrogen-bond donors (Lipinski definition) is 0. The Morgan fingerprint density at radius 3 is 1.79 bits per heavy atom. The first-order valence-corrected chi connectivity index (χ1v) is 6.56. The number of rotatable bonds is 2. The molecule has 2 nitrogen and oxygen atoms in total. The van der Waals surface area contributed by atoms with Gasteiger partial charge in [-0.15, -0.1) is 0 Å². The minimum Gasteiger partial charge on any atom is -0.449 e. The molecule has 0 aromatic heterocycles. The van der Waals surface area contributed by atoms with Gasteiger partial charge in [0.15, 0.2) is 5.60 Å². The first-order valence-electron chi connectivity index (χ1n) is 6.56. The molecule has 0 spiro atoms. The van der Waals surface area contributed by atoms with Crippen molar-refractivity contribution in [1.82, 2.24) is 0 Å². The van der Waals surface area contributed by atoms with Crippen molar-refractivity contribution in [3.8, 4) is 0 Å². The Bertz CT molecular complexity index is 535. The minimum atomic E-state index is -0.626. The van der Waals surface area contributed by atoms with Gasteiger partial charge in [-0.2, -0.15) is 0 Å². The standard InChI is InChI=1S/C17H16O2/c1-13-12-17(19-16(13)18,14-8-4-2-5-9-14)15-10-6-3-7-11-15/h2-11,13H,12H2,1H3. The van der Waals surface area contributed by atoms with Crippen LogP contribution < -0.4 is 0 Å². The summed E-state index contributed by atoms with van der Waals surface area (Å²) in [7, 11) is 0. The predicted octanol–water partition coefficient (Wildman–Crippen LogP) is 3.51. The Labute approximate surface area is 113 Å². The van der Waals surface area contributed by atoms with Gasteiger partial charge in [0, 0.05) is 17.5 Å². The van der Waals surface area contributed by atoms with Crippen LogP contribution in [0.2, 0.25) is 0 Å². The molecule has 2 heteroatoms. The van der Waals surface area contributed by atoms with Crippen molar-refractivity contribution in [3.05, 3.63) is 71.8 Å². The molecule has 1 unspecified atom stereocenters. The Morgan fingerprint density at radius 1 is 0.947 bits per heavy atom. The van der Waals surface area contributed by atoms with Crippen LogP contribution >= 0.6 is 0 Å². The molecule has 1 aliphatic heterocycles. The van der Waals surface area contributed by atoms with Gasteiger partial charge >= 0.3 is 5.97 Å². The van der Waals surface area contributed by atoms with Gasteiger partial charge in [-0.1, -0.05) is 67.6 Å². The smallest absolute Gasteiger partial charge is 0.310 e. The third kappa shape index (κ3) is 1.93. The van der Waals surface area contributed by atoms with E-state index in [9.17, 15) is 4.79 Å². The highest BCUT2D eigenvalue weighted by Crippen LogP contribution is 2.44. The molecule has 2 aromatic carbocycles. The number of ether oxygens (including phenoxy) is 1. The van der Waals surface area contributed by atoms with E-state index in [1.165, 1.54) is 0 Å². The maximum absolute atomic E-state index is 11.9. The van der Waals surface area contributed by atoms with Crippen LogP contribution in [0, 0.1) is 5.92 Å². The number of benzene rings is 2. The summed E-state index contributed by atoms with van der Waals surface area (Å²) in [5.41, 5.74) is 1.46. The van der Waals surface area contributed by atoms with Gasteiger partial charge in [-0.25, -0.2) is 0 Å². The summed E-state index contributed by atoms with van der Waals surface area (Å²) in [6, 6.07) is 20.0. The minimum absolute atomic E-state index is 0.0691. The molecule has 1 fully saturated rings. The van der Waals surface area contributed by atoms with Crippen molar-refractivity contribution in [1.29, 1.82) is 0 Å². The van der Waals surface area contributed by atoms with E-state index in [-0.39, 0.29) is 11.9 Å². The highest BCUT2D eigenvalue weighted by atomic mass is 16.6. The fraction of sp³-hybridized carbons (Fsp3) is 0.235. The lowest BCUT2D eigenvalue weighted by molar-refractivity contribution is -0.148. The van der Waals surface area contributed by atoms with Crippen LogP contribution in [0.25, 0.3) is 0 Å². The summed E-state index contributed by atoms with van der Waals surface area (Å²) >= 11 is 0. The molecule has 0 saturated carbocycles. The molecular formula is C17H16O2. The summed E-state index contributed by atoms with van der Waals surface area (Å²) in [4.78, 5) is 11.9. The van der Waals surface area contributed by atoms with Crippen molar-refractivity contribution in [2.75, 3.05) is 0 Å². The second kappa shape index (κ2) is 4.54.